The second kappa shape index (κ2) is 23.0. The van der Waals surface area contributed by atoms with Gasteiger partial charge in [0.1, 0.15) is 23.0 Å². The van der Waals surface area contributed by atoms with Gasteiger partial charge >= 0.3 is 0 Å². The van der Waals surface area contributed by atoms with Gasteiger partial charge in [0.2, 0.25) is 0 Å². The number of benzene rings is 6. The SMILES string of the molecule is CCc1ccc(N=Cc2ccc(OCCCCOc3ccc(C=Nc4ccc(Br)cc4)cc3)cc2OCCCCOc2ccc(C=Nc3ccc(Br)cc3)cc2)cc1. The first-order valence-corrected chi connectivity index (χ1v) is 21.2. The minimum Gasteiger partial charge on any atom is -0.494 e. The zero-order valence-corrected chi connectivity index (χ0v) is 35.8. The predicted molar refractivity (Wildman–Crippen MR) is 246 cm³/mol. The lowest BCUT2D eigenvalue weighted by molar-refractivity contribution is 0.259. The quantitative estimate of drug-likeness (QED) is 0.0533. The number of nitrogens with zero attached hydrogens (tertiary/aromatic N) is 3. The summed E-state index contributed by atoms with van der Waals surface area (Å²) in [6.45, 7) is 4.46. The molecule has 0 spiro atoms. The standard InChI is InChI=1S/C49H47Br2N3O4/c1-2-37-7-18-43(19-8-37)54-36-40-13-28-48(57-31-4-3-29-55-46-24-9-38(10-25-46)34-52-44-20-14-41(50)15-21-44)33-49(40)58-32-6-5-30-56-47-26-11-39(12-27-47)35-53-45-22-16-42(51)17-23-45/h7-28,33-36H,2-6,29-32H2,1H3. The van der Waals surface area contributed by atoms with Crippen LogP contribution >= 0.6 is 31.9 Å². The lowest BCUT2D eigenvalue weighted by Crippen LogP contribution is -2.05. The predicted octanol–water partition coefficient (Wildman–Crippen LogP) is 13.5. The molecule has 0 bridgehead atoms. The van der Waals surface area contributed by atoms with Crippen LogP contribution in [-0.2, 0) is 6.42 Å². The summed E-state index contributed by atoms with van der Waals surface area (Å²) in [5.74, 6) is 3.16. The van der Waals surface area contributed by atoms with Gasteiger partial charge in [-0.2, -0.15) is 0 Å². The van der Waals surface area contributed by atoms with Crippen molar-refractivity contribution >= 4 is 67.6 Å². The third-order valence-electron chi connectivity index (χ3n) is 8.96. The van der Waals surface area contributed by atoms with Gasteiger partial charge in [-0.3, -0.25) is 15.0 Å². The second-order valence-electron chi connectivity index (χ2n) is 13.4. The number of aliphatic imine (C=N–C) groups is 3. The Hall–Kier alpha value is -5.51. The molecular formula is C49H47Br2N3O4. The van der Waals surface area contributed by atoms with Gasteiger partial charge in [0.05, 0.1) is 43.5 Å². The van der Waals surface area contributed by atoms with Crippen molar-refractivity contribution in [2.45, 2.75) is 39.0 Å². The Morgan fingerprint density at radius 1 is 0.431 bits per heavy atom. The average Bonchev–Trinajstić information content (AvgIpc) is 3.26. The van der Waals surface area contributed by atoms with Gasteiger partial charge in [0.25, 0.3) is 0 Å². The lowest BCUT2D eigenvalue weighted by Gasteiger charge is -2.13. The minimum absolute atomic E-state index is 0.542. The summed E-state index contributed by atoms with van der Waals surface area (Å²) in [7, 11) is 0. The first kappa shape index (κ1) is 42.1. The molecule has 0 amide bonds. The maximum atomic E-state index is 6.31. The molecule has 0 radical (unpaired) electrons. The number of ether oxygens (including phenoxy) is 4. The molecular weight excluding hydrogens is 854 g/mol. The molecule has 0 aromatic heterocycles. The molecule has 6 aromatic rings. The monoisotopic (exact) mass is 899 g/mol. The molecule has 0 heterocycles. The molecule has 0 aliphatic rings. The molecule has 0 aliphatic heterocycles. The maximum Gasteiger partial charge on any atom is 0.131 e. The highest BCUT2D eigenvalue weighted by Gasteiger charge is 2.07. The fraction of sp³-hybridized carbons (Fsp3) is 0.204. The van der Waals surface area contributed by atoms with Gasteiger partial charge in [-0.15, -0.1) is 0 Å². The van der Waals surface area contributed by atoms with Crippen molar-refractivity contribution in [3.05, 3.63) is 171 Å². The number of unbranched alkanes of at least 4 members (excludes halogenated alkanes) is 2. The van der Waals surface area contributed by atoms with Gasteiger partial charge in [-0.1, -0.05) is 50.9 Å². The summed E-state index contributed by atoms with van der Waals surface area (Å²) in [6, 6.07) is 46.0. The molecule has 296 valence electrons. The smallest absolute Gasteiger partial charge is 0.131 e. The van der Waals surface area contributed by atoms with Gasteiger partial charge in [0.15, 0.2) is 0 Å². The largest absolute Gasteiger partial charge is 0.494 e. The van der Waals surface area contributed by atoms with E-state index in [1.165, 1.54) is 5.56 Å². The number of hydrogen-bond acceptors (Lipinski definition) is 7. The molecule has 0 atom stereocenters. The van der Waals surface area contributed by atoms with Crippen LogP contribution in [0.25, 0.3) is 0 Å². The van der Waals surface area contributed by atoms with Crippen LogP contribution in [0, 0.1) is 0 Å². The Bertz CT molecular complexity index is 2220. The molecule has 0 saturated heterocycles. The Balaban J connectivity index is 0.938. The average molecular weight is 902 g/mol. The molecule has 6 rings (SSSR count). The van der Waals surface area contributed by atoms with E-state index in [-0.39, 0.29) is 0 Å². The van der Waals surface area contributed by atoms with Crippen molar-refractivity contribution in [2.24, 2.45) is 15.0 Å². The number of rotatable bonds is 21. The molecule has 6 aromatic carbocycles. The molecule has 7 nitrogen and oxygen atoms in total. The summed E-state index contributed by atoms with van der Waals surface area (Å²) in [6.07, 6.45) is 9.96. The van der Waals surface area contributed by atoms with Crippen molar-refractivity contribution < 1.29 is 18.9 Å². The topological polar surface area (TPSA) is 74.0 Å². The van der Waals surface area contributed by atoms with Crippen LogP contribution in [0.3, 0.4) is 0 Å². The summed E-state index contributed by atoms with van der Waals surface area (Å²) in [5.41, 5.74) is 6.92. The van der Waals surface area contributed by atoms with Crippen molar-refractivity contribution in [3.63, 3.8) is 0 Å². The number of aryl methyl sites for hydroxylation is 1. The summed E-state index contributed by atoms with van der Waals surface area (Å²) >= 11 is 6.91. The summed E-state index contributed by atoms with van der Waals surface area (Å²) in [5, 5.41) is 0. The Kier molecular flexibility index (Phi) is 16.7. The highest BCUT2D eigenvalue weighted by molar-refractivity contribution is 9.10. The first-order valence-electron chi connectivity index (χ1n) is 19.6. The Morgan fingerprint density at radius 3 is 1.29 bits per heavy atom. The van der Waals surface area contributed by atoms with Crippen molar-refractivity contribution in [3.8, 4) is 23.0 Å². The van der Waals surface area contributed by atoms with Crippen LogP contribution in [0.4, 0.5) is 17.1 Å². The molecule has 0 N–H and O–H groups in total. The van der Waals surface area contributed by atoms with E-state index in [1.54, 1.807) is 0 Å². The van der Waals surface area contributed by atoms with Crippen molar-refractivity contribution in [2.75, 3.05) is 26.4 Å². The van der Waals surface area contributed by atoms with Gasteiger partial charge in [-0.05, 0) is 170 Å². The molecule has 0 saturated carbocycles. The highest BCUT2D eigenvalue weighted by atomic mass is 79.9. The van der Waals surface area contributed by atoms with Crippen LogP contribution in [-0.4, -0.2) is 45.1 Å². The minimum atomic E-state index is 0.542. The van der Waals surface area contributed by atoms with Gasteiger partial charge < -0.3 is 18.9 Å². The van der Waals surface area contributed by atoms with E-state index in [0.717, 1.165) is 97.8 Å². The van der Waals surface area contributed by atoms with Crippen LogP contribution in [0.1, 0.15) is 54.9 Å². The molecule has 0 aliphatic carbocycles. The van der Waals surface area contributed by atoms with E-state index in [0.29, 0.717) is 26.4 Å². The van der Waals surface area contributed by atoms with Crippen LogP contribution in [0.5, 0.6) is 23.0 Å². The van der Waals surface area contributed by atoms with Gasteiger partial charge in [0, 0.05) is 39.2 Å². The van der Waals surface area contributed by atoms with Crippen LogP contribution < -0.4 is 18.9 Å². The summed E-state index contributed by atoms with van der Waals surface area (Å²) in [4.78, 5) is 13.8. The Morgan fingerprint density at radius 2 is 0.828 bits per heavy atom. The van der Waals surface area contributed by atoms with Crippen LogP contribution in [0.2, 0.25) is 0 Å². The number of hydrogen-bond donors (Lipinski definition) is 0. The maximum absolute atomic E-state index is 6.31. The van der Waals surface area contributed by atoms with E-state index in [1.807, 2.05) is 146 Å². The van der Waals surface area contributed by atoms with E-state index in [2.05, 4.69) is 60.9 Å². The van der Waals surface area contributed by atoms with E-state index in [9.17, 15) is 0 Å². The first-order chi connectivity index (χ1) is 28.5. The molecule has 0 unspecified atom stereocenters. The molecule has 9 heteroatoms. The Labute approximate surface area is 358 Å². The van der Waals surface area contributed by atoms with E-state index < -0.39 is 0 Å². The van der Waals surface area contributed by atoms with Crippen molar-refractivity contribution in [1.82, 2.24) is 0 Å². The third kappa shape index (κ3) is 14.5. The molecule has 58 heavy (non-hydrogen) atoms. The van der Waals surface area contributed by atoms with E-state index >= 15 is 0 Å². The van der Waals surface area contributed by atoms with E-state index in [4.69, 9.17) is 23.9 Å². The number of halogens is 2. The zero-order valence-electron chi connectivity index (χ0n) is 32.6. The normalized spacial score (nSPS) is 11.4. The highest BCUT2D eigenvalue weighted by Crippen LogP contribution is 2.26. The lowest BCUT2D eigenvalue weighted by atomic mass is 10.1. The fourth-order valence-corrected chi connectivity index (χ4v) is 6.14. The van der Waals surface area contributed by atoms with Crippen molar-refractivity contribution in [1.29, 1.82) is 0 Å². The fourth-order valence-electron chi connectivity index (χ4n) is 5.61. The third-order valence-corrected chi connectivity index (χ3v) is 10.0. The second-order valence-corrected chi connectivity index (χ2v) is 15.2. The van der Waals surface area contributed by atoms with Crippen LogP contribution in [0.15, 0.2) is 163 Å². The summed E-state index contributed by atoms with van der Waals surface area (Å²) < 4.78 is 26.5. The zero-order chi connectivity index (χ0) is 40.2. The van der Waals surface area contributed by atoms with Gasteiger partial charge in [-0.25, -0.2) is 0 Å². The molecule has 0 fully saturated rings.